The van der Waals surface area contributed by atoms with Crippen molar-refractivity contribution >= 4 is 18.5 Å². The van der Waals surface area contributed by atoms with Crippen LogP contribution in [0.4, 0.5) is 0 Å². The molecule has 94 valence electrons. The number of hydrogen-bond donors (Lipinski definition) is 2. The Morgan fingerprint density at radius 2 is 1.94 bits per heavy atom. The standard InChI is InChI=1S/C14H21NOS/c1-3-4-5-6-11(2)15-14(16)12-7-9-13(17)10-8-12/h7-11,17H,3-6H2,1-2H3,(H,15,16). The van der Waals surface area contributed by atoms with Gasteiger partial charge in [0.2, 0.25) is 0 Å². The molecule has 0 saturated heterocycles. The highest BCUT2D eigenvalue weighted by Gasteiger charge is 2.08. The zero-order valence-electron chi connectivity index (χ0n) is 10.6. The van der Waals surface area contributed by atoms with Crippen molar-refractivity contribution in [3.63, 3.8) is 0 Å². The Labute approximate surface area is 109 Å². The third-order valence-corrected chi connectivity index (χ3v) is 3.05. The van der Waals surface area contributed by atoms with Gasteiger partial charge in [-0.3, -0.25) is 4.79 Å². The highest BCUT2D eigenvalue weighted by molar-refractivity contribution is 7.80. The third kappa shape index (κ3) is 5.26. The van der Waals surface area contributed by atoms with Gasteiger partial charge in [-0.15, -0.1) is 12.6 Å². The van der Waals surface area contributed by atoms with Crippen molar-refractivity contribution < 1.29 is 4.79 Å². The molecule has 0 radical (unpaired) electrons. The van der Waals surface area contributed by atoms with Crippen LogP contribution in [0.15, 0.2) is 29.2 Å². The van der Waals surface area contributed by atoms with Crippen LogP contribution in [-0.2, 0) is 0 Å². The molecule has 1 N–H and O–H groups in total. The Bertz CT molecular complexity index is 348. The van der Waals surface area contributed by atoms with Gasteiger partial charge in [0.25, 0.3) is 5.91 Å². The van der Waals surface area contributed by atoms with Gasteiger partial charge in [-0.05, 0) is 37.6 Å². The number of thiol groups is 1. The zero-order chi connectivity index (χ0) is 12.7. The Hall–Kier alpha value is -0.960. The molecule has 1 atom stereocenters. The van der Waals surface area contributed by atoms with E-state index in [1.165, 1.54) is 19.3 Å². The number of carbonyl (C=O) groups excluding carboxylic acids is 1. The average molecular weight is 251 g/mol. The lowest BCUT2D eigenvalue weighted by Crippen LogP contribution is -2.32. The SMILES string of the molecule is CCCCCC(C)NC(=O)c1ccc(S)cc1. The first-order valence-corrected chi connectivity index (χ1v) is 6.68. The summed E-state index contributed by atoms with van der Waals surface area (Å²) < 4.78 is 0. The van der Waals surface area contributed by atoms with Crippen molar-refractivity contribution in [2.75, 3.05) is 0 Å². The van der Waals surface area contributed by atoms with Gasteiger partial charge in [0.1, 0.15) is 0 Å². The third-order valence-electron chi connectivity index (χ3n) is 2.75. The molecule has 1 rings (SSSR count). The number of amides is 1. The summed E-state index contributed by atoms with van der Waals surface area (Å²) >= 11 is 4.20. The Morgan fingerprint density at radius 3 is 2.53 bits per heavy atom. The normalized spacial score (nSPS) is 12.2. The van der Waals surface area contributed by atoms with Crippen LogP contribution in [0.1, 0.15) is 49.9 Å². The van der Waals surface area contributed by atoms with Gasteiger partial charge >= 0.3 is 0 Å². The summed E-state index contributed by atoms with van der Waals surface area (Å²) in [6.45, 7) is 4.24. The molecule has 0 fully saturated rings. The van der Waals surface area contributed by atoms with E-state index in [2.05, 4.69) is 31.8 Å². The molecule has 3 heteroatoms. The van der Waals surface area contributed by atoms with E-state index >= 15 is 0 Å². The van der Waals surface area contributed by atoms with E-state index in [1.807, 2.05) is 12.1 Å². The molecule has 0 heterocycles. The van der Waals surface area contributed by atoms with Crippen molar-refractivity contribution in [2.24, 2.45) is 0 Å². The van der Waals surface area contributed by atoms with Crippen LogP contribution < -0.4 is 5.32 Å². The first-order chi connectivity index (χ1) is 8.13. The lowest BCUT2D eigenvalue weighted by molar-refractivity contribution is 0.0938. The van der Waals surface area contributed by atoms with Crippen LogP contribution in [0.25, 0.3) is 0 Å². The van der Waals surface area contributed by atoms with Crippen molar-refractivity contribution in [2.45, 2.75) is 50.5 Å². The summed E-state index contributed by atoms with van der Waals surface area (Å²) in [5, 5.41) is 3.01. The van der Waals surface area contributed by atoms with Crippen LogP contribution in [0.2, 0.25) is 0 Å². The first-order valence-electron chi connectivity index (χ1n) is 6.23. The number of hydrogen-bond acceptors (Lipinski definition) is 2. The highest BCUT2D eigenvalue weighted by Crippen LogP contribution is 2.09. The molecule has 0 aliphatic carbocycles. The van der Waals surface area contributed by atoms with E-state index in [4.69, 9.17) is 0 Å². The van der Waals surface area contributed by atoms with Gasteiger partial charge in [0.05, 0.1) is 0 Å². The fourth-order valence-corrected chi connectivity index (χ4v) is 1.84. The summed E-state index contributed by atoms with van der Waals surface area (Å²) in [4.78, 5) is 12.7. The maximum Gasteiger partial charge on any atom is 0.251 e. The van der Waals surface area contributed by atoms with Crippen LogP contribution in [0, 0.1) is 0 Å². The van der Waals surface area contributed by atoms with Crippen molar-refractivity contribution in [1.82, 2.24) is 5.32 Å². The smallest absolute Gasteiger partial charge is 0.251 e. The minimum Gasteiger partial charge on any atom is -0.350 e. The fraction of sp³-hybridized carbons (Fsp3) is 0.500. The lowest BCUT2D eigenvalue weighted by Gasteiger charge is -2.13. The Balaban J connectivity index is 2.40. The second kappa shape index (κ2) is 7.38. The van der Waals surface area contributed by atoms with Crippen LogP contribution in [-0.4, -0.2) is 11.9 Å². The van der Waals surface area contributed by atoms with E-state index in [-0.39, 0.29) is 11.9 Å². The molecule has 0 aliphatic rings. The molecule has 17 heavy (non-hydrogen) atoms. The summed E-state index contributed by atoms with van der Waals surface area (Å²) in [5.41, 5.74) is 0.699. The molecule has 0 aliphatic heterocycles. The molecule has 0 spiro atoms. The van der Waals surface area contributed by atoms with Gasteiger partial charge in [-0.25, -0.2) is 0 Å². The zero-order valence-corrected chi connectivity index (χ0v) is 11.5. The predicted molar refractivity (Wildman–Crippen MR) is 74.8 cm³/mol. The molecule has 1 aromatic carbocycles. The summed E-state index contributed by atoms with van der Waals surface area (Å²) in [6, 6.07) is 7.51. The largest absolute Gasteiger partial charge is 0.350 e. The van der Waals surface area contributed by atoms with Crippen LogP contribution in [0.5, 0.6) is 0 Å². The Kier molecular flexibility index (Phi) is 6.12. The second-order valence-corrected chi connectivity index (χ2v) is 4.93. The number of carbonyl (C=O) groups is 1. The first kappa shape index (κ1) is 14.1. The summed E-state index contributed by atoms with van der Waals surface area (Å²) in [5.74, 6) is 0.00216. The van der Waals surface area contributed by atoms with Crippen molar-refractivity contribution in [3.05, 3.63) is 29.8 Å². The number of unbranched alkanes of at least 4 members (excludes halogenated alkanes) is 2. The van der Waals surface area contributed by atoms with Gasteiger partial charge in [0.15, 0.2) is 0 Å². The fourth-order valence-electron chi connectivity index (χ4n) is 1.69. The lowest BCUT2D eigenvalue weighted by atomic mass is 10.1. The minimum atomic E-state index is 0.00216. The monoisotopic (exact) mass is 251 g/mol. The summed E-state index contributed by atoms with van der Waals surface area (Å²) in [7, 11) is 0. The topological polar surface area (TPSA) is 29.1 Å². The molecule has 0 aromatic heterocycles. The molecule has 1 aromatic rings. The van der Waals surface area contributed by atoms with E-state index in [1.54, 1.807) is 12.1 Å². The quantitative estimate of drug-likeness (QED) is 0.586. The second-order valence-electron chi connectivity index (χ2n) is 4.42. The van der Waals surface area contributed by atoms with Crippen molar-refractivity contribution in [1.29, 1.82) is 0 Å². The van der Waals surface area contributed by atoms with E-state index in [9.17, 15) is 4.79 Å². The molecule has 1 unspecified atom stereocenters. The molecule has 0 bridgehead atoms. The molecular weight excluding hydrogens is 230 g/mol. The maximum absolute atomic E-state index is 11.9. The minimum absolute atomic E-state index is 0.00216. The predicted octanol–water partition coefficient (Wildman–Crippen LogP) is 3.67. The van der Waals surface area contributed by atoms with Gasteiger partial charge < -0.3 is 5.32 Å². The molecular formula is C14H21NOS. The van der Waals surface area contributed by atoms with Gasteiger partial charge in [-0.2, -0.15) is 0 Å². The van der Waals surface area contributed by atoms with Crippen LogP contribution in [0.3, 0.4) is 0 Å². The highest BCUT2D eigenvalue weighted by atomic mass is 32.1. The molecule has 2 nitrogen and oxygen atoms in total. The molecule has 1 amide bonds. The summed E-state index contributed by atoms with van der Waals surface area (Å²) in [6.07, 6.45) is 4.66. The van der Waals surface area contributed by atoms with Gasteiger partial charge in [-0.1, -0.05) is 26.2 Å². The van der Waals surface area contributed by atoms with Crippen molar-refractivity contribution in [3.8, 4) is 0 Å². The van der Waals surface area contributed by atoms with Gasteiger partial charge in [0, 0.05) is 16.5 Å². The Morgan fingerprint density at radius 1 is 1.29 bits per heavy atom. The van der Waals surface area contributed by atoms with E-state index in [0.29, 0.717) is 5.56 Å². The number of benzene rings is 1. The maximum atomic E-state index is 11.9. The van der Waals surface area contributed by atoms with Crippen LogP contribution >= 0.6 is 12.6 Å². The van der Waals surface area contributed by atoms with E-state index < -0.39 is 0 Å². The average Bonchev–Trinajstić information content (AvgIpc) is 2.30. The molecule has 0 saturated carbocycles. The van der Waals surface area contributed by atoms with E-state index in [0.717, 1.165) is 11.3 Å². The number of nitrogens with one attached hydrogen (secondary N) is 1. The number of rotatable bonds is 6.